The summed E-state index contributed by atoms with van der Waals surface area (Å²) in [7, 11) is 0. The summed E-state index contributed by atoms with van der Waals surface area (Å²) < 4.78 is 2.05. The van der Waals surface area contributed by atoms with Crippen LogP contribution in [0, 0.1) is 13.8 Å². The van der Waals surface area contributed by atoms with E-state index in [2.05, 4.69) is 23.0 Å². The summed E-state index contributed by atoms with van der Waals surface area (Å²) in [6.07, 6.45) is 1.81. The first-order valence-corrected chi connectivity index (χ1v) is 5.17. The summed E-state index contributed by atoms with van der Waals surface area (Å²) >= 11 is 0. The smallest absolute Gasteiger partial charge is 0.180 e. The summed E-state index contributed by atoms with van der Waals surface area (Å²) in [6.45, 7) is 4.08. The Morgan fingerprint density at radius 3 is 2.88 bits per heavy atom. The van der Waals surface area contributed by atoms with Crippen LogP contribution in [-0.4, -0.2) is 14.4 Å². The van der Waals surface area contributed by atoms with Gasteiger partial charge in [0.2, 0.25) is 0 Å². The van der Waals surface area contributed by atoms with Gasteiger partial charge in [-0.2, -0.15) is 0 Å². The van der Waals surface area contributed by atoms with Crippen molar-refractivity contribution in [1.82, 2.24) is 14.4 Å². The fraction of sp³-hybridized carbons (Fsp3) is 0.167. The maximum absolute atomic E-state index is 5.88. The van der Waals surface area contributed by atoms with Crippen LogP contribution < -0.4 is 5.73 Å². The number of nitrogens with two attached hydrogens (primary N) is 1. The number of hydrogen-bond donors (Lipinski definition) is 1. The molecule has 0 spiro atoms. The van der Waals surface area contributed by atoms with Gasteiger partial charge in [-0.05, 0) is 31.5 Å². The molecule has 16 heavy (non-hydrogen) atoms. The van der Waals surface area contributed by atoms with Gasteiger partial charge in [0.15, 0.2) is 11.5 Å². The number of anilines is 1. The molecule has 0 aliphatic rings. The van der Waals surface area contributed by atoms with E-state index in [1.807, 2.05) is 29.7 Å². The van der Waals surface area contributed by atoms with Gasteiger partial charge < -0.3 is 5.73 Å². The lowest BCUT2D eigenvalue weighted by Gasteiger charge is -2.06. The number of fused-ring (bicyclic) bond motifs is 3. The lowest BCUT2D eigenvalue weighted by Crippen LogP contribution is -2.00. The number of aryl methyl sites for hydroxylation is 2. The summed E-state index contributed by atoms with van der Waals surface area (Å²) in [6, 6.07) is 6.12. The van der Waals surface area contributed by atoms with Crippen LogP contribution in [0.4, 0.5) is 5.82 Å². The van der Waals surface area contributed by atoms with Gasteiger partial charge in [-0.15, -0.1) is 0 Å². The monoisotopic (exact) mass is 212 g/mol. The summed E-state index contributed by atoms with van der Waals surface area (Å²) in [5.41, 5.74) is 10.8. The number of nitrogen functional groups attached to an aromatic ring is 1. The molecule has 2 heterocycles. The minimum absolute atomic E-state index is 0.476. The van der Waals surface area contributed by atoms with Gasteiger partial charge >= 0.3 is 0 Å². The van der Waals surface area contributed by atoms with Crippen molar-refractivity contribution in [2.45, 2.75) is 13.8 Å². The summed E-state index contributed by atoms with van der Waals surface area (Å²) in [5, 5.41) is 0. The van der Waals surface area contributed by atoms with Crippen molar-refractivity contribution in [3.8, 4) is 0 Å². The van der Waals surface area contributed by atoms with Gasteiger partial charge in [0.25, 0.3) is 0 Å². The zero-order chi connectivity index (χ0) is 11.3. The molecule has 0 atom stereocenters. The molecule has 0 fully saturated rings. The average Bonchev–Trinajstić information content (AvgIpc) is 2.63. The molecule has 0 saturated carbocycles. The zero-order valence-corrected chi connectivity index (χ0v) is 9.23. The van der Waals surface area contributed by atoms with Crippen molar-refractivity contribution in [3.05, 3.63) is 35.7 Å². The highest BCUT2D eigenvalue weighted by Crippen LogP contribution is 2.21. The second kappa shape index (κ2) is 2.95. The third-order valence-electron chi connectivity index (χ3n) is 2.78. The molecule has 2 N–H and O–H groups in total. The van der Waals surface area contributed by atoms with Crippen molar-refractivity contribution in [3.63, 3.8) is 0 Å². The Morgan fingerprint density at radius 2 is 2.06 bits per heavy atom. The minimum Gasteiger partial charge on any atom is -0.381 e. The van der Waals surface area contributed by atoms with E-state index in [1.165, 1.54) is 5.56 Å². The molecule has 4 heteroatoms. The van der Waals surface area contributed by atoms with Gasteiger partial charge in [0.1, 0.15) is 0 Å². The maximum atomic E-state index is 5.88. The molecule has 0 amide bonds. The van der Waals surface area contributed by atoms with Crippen molar-refractivity contribution in [1.29, 1.82) is 0 Å². The topological polar surface area (TPSA) is 56.2 Å². The highest BCUT2D eigenvalue weighted by atomic mass is 15.1. The van der Waals surface area contributed by atoms with E-state index in [1.54, 1.807) is 0 Å². The minimum atomic E-state index is 0.476. The summed E-state index contributed by atoms with van der Waals surface area (Å²) in [4.78, 5) is 8.63. The number of imidazole rings is 1. The second-order valence-electron chi connectivity index (χ2n) is 4.05. The quantitative estimate of drug-likeness (QED) is 0.620. The number of hydrogen-bond acceptors (Lipinski definition) is 3. The van der Waals surface area contributed by atoms with Crippen molar-refractivity contribution < 1.29 is 0 Å². The molecule has 0 unspecified atom stereocenters. The van der Waals surface area contributed by atoms with Crippen LogP contribution in [0.15, 0.2) is 24.4 Å². The van der Waals surface area contributed by atoms with E-state index in [0.717, 1.165) is 22.4 Å². The van der Waals surface area contributed by atoms with Crippen molar-refractivity contribution >= 4 is 22.5 Å². The molecular formula is C12H12N4. The van der Waals surface area contributed by atoms with Gasteiger partial charge in [-0.25, -0.2) is 9.97 Å². The van der Waals surface area contributed by atoms with Gasteiger partial charge in [0, 0.05) is 11.9 Å². The first-order chi connectivity index (χ1) is 7.66. The third-order valence-corrected chi connectivity index (χ3v) is 2.78. The molecule has 3 aromatic rings. The number of rotatable bonds is 0. The first-order valence-electron chi connectivity index (χ1n) is 5.17. The average molecular weight is 212 g/mol. The molecule has 3 rings (SSSR count). The van der Waals surface area contributed by atoms with Crippen LogP contribution in [0.2, 0.25) is 0 Å². The molecular weight excluding hydrogens is 200 g/mol. The Morgan fingerprint density at radius 1 is 1.25 bits per heavy atom. The molecule has 0 saturated heterocycles. The standard InChI is InChI=1S/C12H12N4/c1-7-3-4-9-10(5-7)16-8(2)6-14-12(16)11(13)15-9/h3-6H,1-2H3,(H2,13,15). The van der Waals surface area contributed by atoms with Crippen LogP contribution in [0.1, 0.15) is 11.3 Å². The molecule has 0 aliphatic carbocycles. The molecule has 80 valence electrons. The lowest BCUT2D eigenvalue weighted by atomic mass is 10.2. The third kappa shape index (κ3) is 1.10. The Bertz CT molecular complexity index is 697. The largest absolute Gasteiger partial charge is 0.381 e. The Balaban J connectivity index is 2.64. The highest BCUT2D eigenvalue weighted by molar-refractivity contribution is 5.83. The Hall–Kier alpha value is -2.10. The lowest BCUT2D eigenvalue weighted by molar-refractivity contribution is 1.14. The van der Waals surface area contributed by atoms with E-state index >= 15 is 0 Å². The van der Waals surface area contributed by atoms with Gasteiger partial charge in [-0.1, -0.05) is 6.07 Å². The fourth-order valence-electron chi connectivity index (χ4n) is 2.01. The summed E-state index contributed by atoms with van der Waals surface area (Å²) in [5.74, 6) is 0.476. The van der Waals surface area contributed by atoms with Crippen LogP contribution >= 0.6 is 0 Å². The van der Waals surface area contributed by atoms with Crippen LogP contribution in [-0.2, 0) is 0 Å². The number of benzene rings is 1. The van der Waals surface area contributed by atoms with E-state index < -0.39 is 0 Å². The van der Waals surface area contributed by atoms with E-state index in [4.69, 9.17) is 5.73 Å². The first kappa shape index (κ1) is 9.15. The van der Waals surface area contributed by atoms with Crippen LogP contribution in [0.25, 0.3) is 16.7 Å². The predicted molar refractivity (Wildman–Crippen MR) is 64.4 cm³/mol. The Kier molecular flexibility index (Phi) is 1.68. The van der Waals surface area contributed by atoms with Crippen molar-refractivity contribution in [2.24, 2.45) is 0 Å². The normalized spacial score (nSPS) is 11.4. The molecule has 1 aromatic carbocycles. The van der Waals surface area contributed by atoms with E-state index in [0.29, 0.717) is 5.82 Å². The Labute approximate surface area is 92.7 Å². The second-order valence-corrected chi connectivity index (χ2v) is 4.05. The van der Waals surface area contributed by atoms with Crippen molar-refractivity contribution in [2.75, 3.05) is 5.73 Å². The molecule has 0 aliphatic heterocycles. The van der Waals surface area contributed by atoms with Gasteiger partial charge in [0.05, 0.1) is 11.0 Å². The molecule has 0 radical (unpaired) electrons. The molecule has 2 aromatic heterocycles. The predicted octanol–water partition coefficient (Wildman–Crippen LogP) is 2.08. The zero-order valence-electron chi connectivity index (χ0n) is 9.23. The SMILES string of the molecule is Cc1ccc2nc(N)c3ncc(C)n3c2c1. The molecule has 4 nitrogen and oxygen atoms in total. The fourth-order valence-corrected chi connectivity index (χ4v) is 2.01. The van der Waals surface area contributed by atoms with Crippen LogP contribution in [0.3, 0.4) is 0 Å². The van der Waals surface area contributed by atoms with Crippen LogP contribution in [0.5, 0.6) is 0 Å². The molecule has 0 bridgehead atoms. The maximum Gasteiger partial charge on any atom is 0.180 e. The highest BCUT2D eigenvalue weighted by Gasteiger charge is 2.08. The van der Waals surface area contributed by atoms with E-state index in [-0.39, 0.29) is 0 Å². The number of nitrogens with zero attached hydrogens (tertiary/aromatic N) is 3. The number of aromatic nitrogens is 3. The van der Waals surface area contributed by atoms with Gasteiger partial charge in [-0.3, -0.25) is 4.40 Å². The van der Waals surface area contributed by atoms with E-state index in [9.17, 15) is 0 Å².